The molecule has 2 nitrogen and oxygen atoms in total. The molecule has 20 heavy (non-hydrogen) atoms. The molecule has 2 atom stereocenters. The molecule has 2 unspecified atom stereocenters. The molecular weight excluding hydrogens is 321 g/mol. The van der Waals surface area contributed by atoms with Crippen LogP contribution in [0, 0.1) is 5.82 Å². The third-order valence-electron chi connectivity index (χ3n) is 3.84. The number of benzene rings is 1. The van der Waals surface area contributed by atoms with Crippen molar-refractivity contribution in [2.45, 2.75) is 51.2 Å². The Hall–Kier alpha value is -0.450. The molecule has 1 aliphatic rings. The van der Waals surface area contributed by atoms with Gasteiger partial charge in [0, 0.05) is 22.7 Å². The molecule has 1 aromatic carbocycles. The maximum absolute atomic E-state index is 14.1. The monoisotopic (exact) mass is 343 g/mol. The first-order valence-electron chi connectivity index (χ1n) is 7.51. The fourth-order valence-corrected chi connectivity index (χ4v) is 3.48. The van der Waals surface area contributed by atoms with Crippen LogP contribution in [0.2, 0.25) is 0 Å². The Morgan fingerprint density at radius 1 is 1.50 bits per heavy atom. The van der Waals surface area contributed by atoms with E-state index in [0.717, 1.165) is 42.5 Å². The molecule has 0 spiro atoms. The van der Waals surface area contributed by atoms with Crippen LogP contribution >= 0.6 is 15.9 Å². The molecule has 4 heteroatoms. The molecule has 0 amide bonds. The van der Waals surface area contributed by atoms with Crippen molar-refractivity contribution in [2.24, 2.45) is 0 Å². The number of hydrogen-bond acceptors (Lipinski definition) is 2. The van der Waals surface area contributed by atoms with Gasteiger partial charge >= 0.3 is 0 Å². The van der Waals surface area contributed by atoms with E-state index in [-0.39, 0.29) is 11.9 Å². The molecule has 0 aromatic heterocycles. The van der Waals surface area contributed by atoms with E-state index in [2.05, 4.69) is 28.2 Å². The zero-order valence-electron chi connectivity index (χ0n) is 12.0. The molecule has 1 aliphatic heterocycles. The first-order chi connectivity index (χ1) is 9.72. The standard InChI is InChI=1S/C16H23BrFNO/c1-2-19-15(10-3-6-12-7-5-11-20-12)16-13(17)8-4-9-14(16)18/h4,8-9,12,15,19H,2-3,5-7,10-11H2,1H3. The largest absolute Gasteiger partial charge is 0.378 e. The fourth-order valence-electron chi connectivity index (χ4n) is 2.86. The maximum Gasteiger partial charge on any atom is 0.129 e. The third kappa shape index (κ3) is 4.27. The van der Waals surface area contributed by atoms with Crippen LogP contribution in [-0.2, 0) is 4.74 Å². The molecular formula is C16H23BrFNO. The van der Waals surface area contributed by atoms with Crippen molar-refractivity contribution in [3.8, 4) is 0 Å². The van der Waals surface area contributed by atoms with Gasteiger partial charge in [0.15, 0.2) is 0 Å². The summed E-state index contributed by atoms with van der Waals surface area (Å²) in [5.41, 5.74) is 0.752. The minimum atomic E-state index is -0.137. The lowest BCUT2D eigenvalue weighted by atomic mass is 9.98. The summed E-state index contributed by atoms with van der Waals surface area (Å²) in [7, 11) is 0. The van der Waals surface area contributed by atoms with E-state index in [1.807, 2.05) is 6.07 Å². The summed E-state index contributed by atoms with van der Waals surface area (Å²) in [5, 5.41) is 3.40. The van der Waals surface area contributed by atoms with Crippen LogP contribution in [0.5, 0.6) is 0 Å². The van der Waals surface area contributed by atoms with Crippen LogP contribution in [0.1, 0.15) is 50.6 Å². The average molecular weight is 344 g/mol. The molecule has 1 fully saturated rings. The topological polar surface area (TPSA) is 21.3 Å². The molecule has 112 valence electrons. The number of ether oxygens (including phenoxy) is 1. The zero-order valence-corrected chi connectivity index (χ0v) is 13.6. The van der Waals surface area contributed by atoms with Crippen LogP contribution in [-0.4, -0.2) is 19.3 Å². The van der Waals surface area contributed by atoms with Crippen molar-refractivity contribution in [1.82, 2.24) is 5.32 Å². The second-order valence-corrected chi connectivity index (χ2v) is 6.17. The molecule has 2 rings (SSSR count). The number of hydrogen-bond donors (Lipinski definition) is 1. The highest BCUT2D eigenvalue weighted by molar-refractivity contribution is 9.10. The summed E-state index contributed by atoms with van der Waals surface area (Å²) in [4.78, 5) is 0. The summed E-state index contributed by atoms with van der Waals surface area (Å²) in [6, 6.07) is 5.24. The third-order valence-corrected chi connectivity index (χ3v) is 4.53. The van der Waals surface area contributed by atoms with E-state index in [0.29, 0.717) is 6.10 Å². The minimum absolute atomic E-state index is 0.0666. The lowest BCUT2D eigenvalue weighted by molar-refractivity contribution is 0.101. The predicted molar refractivity (Wildman–Crippen MR) is 83.3 cm³/mol. The Kier molecular flexibility index (Phi) is 6.46. The molecule has 1 saturated heterocycles. The molecule has 0 bridgehead atoms. The average Bonchev–Trinajstić information content (AvgIpc) is 2.91. The Morgan fingerprint density at radius 2 is 2.35 bits per heavy atom. The zero-order chi connectivity index (χ0) is 14.4. The maximum atomic E-state index is 14.1. The van der Waals surface area contributed by atoms with Crippen molar-refractivity contribution >= 4 is 15.9 Å². The van der Waals surface area contributed by atoms with Crippen molar-refractivity contribution in [2.75, 3.05) is 13.2 Å². The van der Waals surface area contributed by atoms with Crippen LogP contribution in [0.25, 0.3) is 0 Å². The molecule has 0 radical (unpaired) electrons. The van der Waals surface area contributed by atoms with Gasteiger partial charge < -0.3 is 10.1 Å². The van der Waals surface area contributed by atoms with Gasteiger partial charge in [-0.05, 0) is 50.8 Å². The fraction of sp³-hybridized carbons (Fsp3) is 0.625. The van der Waals surface area contributed by atoms with E-state index < -0.39 is 0 Å². The summed E-state index contributed by atoms with van der Waals surface area (Å²) >= 11 is 3.47. The Labute approximate surface area is 129 Å². The van der Waals surface area contributed by atoms with E-state index >= 15 is 0 Å². The predicted octanol–water partition coefficient (Wildman–Crippen LogP) is 4.59. The molecule has 1 aromatic rings. The van der Waals surface area contributed by atoms with Gasteiger partial charge in [0.25, 0.3) is 0 Å². The van der Waals surface area contributed by atoms with Crippen molar-refractivity contribution in [3.63, 3.8) is 0 Å². The van der Waals surface area contributed by atoms with E-state index in [4.69, 9.17) is 4.74 Å². The van der Waals surface area contributed by atoms with Gasteiger partial charge in [-0.25, -0.2) is 4.39 Å². The number of rotatable bonds is 7. The minimum Gasteiger partial charge on any atom is -0.378 e. The summed E-state index contributed by atoms with van der Waals surface area (Å²) in [5.74, 6) is -0.137. The molecule has 1 N–H and O–H groups in total. The smallest absolute Gasteiger partial charge is 0.129 e. The highest BCUT2D eigenvalue weighted by atomic mass is 79.9. The van der Waals surface area contributed by atoms with Gasteiger partial charge in [0.2, 0.25) is 0 Å². The van der Waals surface area contributed by atoms with Crippen LogP contribution in [0.3, 0.4) is 0 Å². The molecule has 1 heterocycles. The van der Waals surface area contributed by atoms with Gasteiger partial charge in [-0.2, -0.15) is 0 Å². The second kappa shape index (κ2) is 8.11. The highest BCUT2D eigenvalue weighted by Crippen LogP contribution is 2.30. The Balaban J connectivity index is 1.95. The van der Waals surface area contributed by atoms with Gasteiger partial charge in [-0.15, -0.1) is 0 Å². The molecule has 0 saturated carbocycles. The van der Waals surface area contributed by atoms with Gasteiger partial charge in [0.1, 0.15) is 5.82 Å². The first kappa shape index (κ1) is 15.9. The normalized spacial score (nSPS) is 20.2. The Bertz CT molecular complexity index is 401. The number of nitrogens with one attached hydrogen (secondary N) is 1. The quantitative estimate of drug-likeness (QED) is 0.781. The lowest BCUT2D eigenvalue weighted by Crippen LogP contribution is -2.22. The van der Waals surface area contributed by atoms with Crippen molar-refractivity contribution in [1.29, 1.82) is 0 Å². The van der Waals surface area contributed by atoms with Crippen LogP contribution in [0.4, 0.5) is 4.39 Å². The van der Waals surface area contributed by atoms with Crippen molar-refractivity contribution in [3.05, 3.63) is 34.1 Å². The number of halogens is 2. The first-order valence-corrected chi connectivity index (χ1v) is 8.30. The second-order valence-electron chi connectivity index (χ2n) is 5.31. The lowest BCUT2D eigenvalue weighted by Gasteiger charge is -2.21. The Morgan fingerprint density at radius 3 is 3.00 bits per heavy atom. The van der Waals surface area contributed by atoms with E-state index in [1.165, 1.54) is 18.9 Å². The van der Waals surface area contributed by atoms with E-state index in [1.54, 1.807) is 6.07 Å². The van der Waals surface area contributed by atoms with E-state index in [9.17, 15) is 4.39 Å². The van der Waals surface area contributed by atoms with Gasteiger partial charge in [-0.3, -0.25) is 0 Å². The summed E-state index contributed by atoms with van der Waals surface area (Å²) in [6.45, 7) is 3.80. The molecule has 0 aliphatic carbocycles. The van der Waals surface area contributed by atoms with Crippen LogP contribution in [0.15, 0.2) is 22.7 Å². The summed E-state index contributed by atoms with van der Waals surface area (Å²) in [6.07, 6.45) is 5.85. The van der Waals surface area contributed by atoms with Crippen LogP contribution < -0.4 is 5.32 Å². The van der Waals surface area contributed by atoms with Gasteiger partial charge in [-0.1, -0.05) is 28.9 Å². The summed E-state index contributed by atoms with van der Waals surface area (Å²) < 4.78 is 20.5. The van der Waals surface area contributed by atoms with Crippen molar-refractivity contribution < 1.29 is 9.13 Å². The SMILES string of the molecule is CCNC(CCCC1CCCO1)c1c(F)cccc1Br. The highest BCUT2D eigenvalue weighted by Gasteiger charge is 2.20. The van der Waals surface area contributed by atoms with Gasteiger partial charge in [0.05, 0.1) is 6.10 Å².